The molecule has 0 radical (unpaired) electrons. The smallest absolute Gasteiger partial charge is 0.0630 e. The Balaban J connectivity index is 2.60. The molecule has 0 saturated carbocycles. The summed E-state index contributed by atoms with van der Waals surface area (Å²) in [5.74, 6) is 0. The van der Waals surface area contributed by atoms with Crippen molar-refractivity contribution in [1.29, 1.82) is 0 Å². The average Bonchev–Trinajstić information content (AvgIpc) is 1.90. The van der Waals surface area contributed by atoms with E-state index in [1.54, 1.807) is 0 Å². The average molecular weight is 107 g/mol. The van der Waals surface area contributed by atoms with E-state index in [2.05, 4.69) is 30.0 Å². The second-order valence-corrected chi connectivity index (χ2v) is 2.54. The standard InChI is InChI=1S/C6H7Si/c1-2-4-6-7-5-3-1/h1-5H,6H2/q+1. The summed E-state index contributed by atoms with van der Waals surface area (Å²) in [5.41, 5.74) is 2.21. The molecular weight excluding hydrogens is 100 g/mol. The third-order valence-electron chi connectivity index (χ3n) is 0.808. The normalized spacial score (nSPS) is 16.0. The fraction of sp³-hybridized carbons (Fsp3) is 0.167. The minimum atomic E-state index is 0.996. The molecule has 0 aromatic heterocycles. The number of hydrogen-bond donors (Lipinski definition) is 0. The Hall–Kier alpha value is -0.433. The minimum Gasteiger partial charge on any atom is -0.0630 e. The van der Waals surface area contributed by atoms with Crippen LogP contribution in [0.1, 0.15) is 0 Å². The number of allylic oxidation sites excluding steroid dienone is 4. The van der Waals surface area contributed by atoms with E-state index in [0.717, 1.165) is 9.13 Å². The molecule has 7 heavy (non-hydrogen) atoms. The molecule has 0 amide bonds. The van der Waals surface area contributed by atoms with Crippen LogP contribution in [0.2, 0.25) is 6.04 Å². The minimum absolute atomic E-state index is 0.996. The molecule has 1 rings (SSSR count). The molecule has 1 aliphatic heterocycles. The molecule has 1 aliphatic rings. The van der Waals surface area contributed by atoms with E-state index in [-0.39, 0.29) is 0 Å². The van der Waals surface area contributed by atoms with Gasteiger partial charge < -0.3 is 0 Å². The zero-order valence-electron chi connectivity index (χ0n) is 4.09. The first kappa shape index (κ1) is 4.72. The molecular formula is C6H7Si+. The Kier molecular flexibility index (Phi) is 1.82. The van der Waals surface area contributed by atoms with E-state index < -0.39 is 0 Å². The van der Waals surface area contributed by atoms with Crippen LogP contribution in [0.5, 0.6) is 0 Å². The van der Waals surface area contributed by atoms with Gasteiger partial charge in [-0.1, -0.05) is 12.2 Å². The second kappa shape index (κ2) is 2.69. The van der Waals surface area contributed by atoms with Crippen molar-refractivity contribution in [3.05, 3.63) is 24.3 Å². The lowest BCUT2D eigenvalue weighted by Gasteiger charge is -1.59. The zero-order valence-corrected chi connectivity index (χ0v) is 5.09. The molecule has 0 fully saturated rings. The van der Waals surface area contributed by atoms with Crippen LogP contribution in [-0.2, 0) is 0 Å². The van der Waals surface area contributed by atoms with Crippen LogP contribution in [0.15, 0.2) is 24.3 Å². The summed E-state index contributed by atoms with van der Waals surface area (Å²) in [5, 5.41) is 0. The highest BCUT2D eigenvalue weighted by molar-refractivity contribution is 6.49. The van der Waals surface area contributed by atoms with Crippen LogP contribution >= 0.6 is 0 Å². The fourth-order valence-corrected chi connectivity index (χ4v) is 1.13. The van der Waals surface area contributed by atoms with Crippen molar-refractivity contribution in [2.45, 2.75) is 6.04 Å². The monoisotopic (exact) mass is 107 g/mol. The van der Waals surface area contributed by atoms with Gasteiger partial charge >= 0.3 is 9.13 Å². The van der Waals surface area contributed by atoms with E-state index in [0.29, 0.717) is 0 Å². The fourth-order valence-electron chi connectivity index (χ4n) is 0.470. The molecule has 0 spiro atoms. The predicted molar refractivity (Wildman–Crippen MR) is 34.9 cm³/mol. The maximum atomic E-state index is 2.21. The molecule has 1 heterocycles. The molecule has 0 aromatic carbocycles. The second-order valence-electron chi connectivity index (χ2n) is 1.39. The van der Waals surface area contributed by atoms with Crippen LogP contribution in [0.25, 0.3) is 0 Å². The summed E-state index contributed by atoms with van der Waals surface area (Å²) in [7, 11) is 0.996. The highest BCUT2D eigenvalue weighted by Crippen LogP contribution is 1.83. The van der Waals surface area contributed by atoms with Gasteiger partial charge in [0.05, 0.1) is 0 Å². The van der Waals surface area contributed by atoms with E-state index in [1.807, 2.05) is 0 Å². The highest BCUT2D eigenvalue weighted by Gasteiger charge is 1.89. The van der Waals surface area contributed by atoms with Gasteiger partial charge in [-0.3, -0.25) is 0 Å². The third kappa shape index (κ3) is 1.64. The third-order valence-corrected chi connectivity index (χ3v) is 1.71. The van der Waals surface area contributed by atoms with Gasteiger partial charge in [0.2, 0.25) is 0 Å². The van der Waals surface area contributed by atoms with E-state index in [9.17, 15) is 0 Å². The van der Waals surface area contributed by atoms with Crippen molar-refractivity contribution in [2.75, 3.05) is 0 Å². The van der Waals surface area contributed by atoms with Crippen molar-refractivity contribution >= 4 is 14.8 Å². The summed E-state index contributed by atoms with van der Waals surface area (Å²) >= 11 is 0. The van der Waals surface area contributed by atoms with Gasteiger partial charge in [-0.2, -0.15) is 0 Å². The summed E-state index contributed by atoms with van der Waals surface area (Å²) in [6.07, 6.45) is 8.46. The van der Waals surface area contributed by atoms with Crippen LogP contribution in [-0.4, -0.2) is 14.8 Å². The van der Waals surface area contributed by atoms with Gasteiger partial charge in [-0.25, -0.2) is 0 Å². The Morgan fingerprint density at radius 2 is 2.14 bits per heavy atom. The van der Waals surface area contributed by atoms with E-state index in [4.69, 9.17) is 0 Å². The van der Waals surface area contributed by atoms with Crippen molar-refractivity contribution in [3.8, 4) is 0 Å². The number of rotatable bonds is 0. The quantitative estimate of drug-likeness (QED) is 0.406. The van der Waals surface area contributed by atoms with Gasteiger partial charge in [0, 0.05) is 0 Å². The lowest BCUT2D eigenvalue weighted by molar-refractivity contribution is 1.71. The Bertz CT molecular complexity index is 106. The van der Waals surface area contributed by atoms with Crippen LogP contribution in [0, 0.1) is 0 Å². The zero-order chi connectivity index (χ0) is 4.95. The lowest BCUT2D eigenvalue weighted by atomic mass is 10.5. The van der Waals surface area contributed by atoms with Gasteiger partial charge in [-0.05, 0) is 12.2 Å². The molecule has 0 unspecified atom stereocenters. The summed E-state index contributed by atoms with van der Waals surface area (Å²) in [6, 6.07) is 1.23. The van der Waals surface area contributed by atoms with Gasteiger partial charge in [0.1, 0.15) is 11.7 Å². The molecule has 34 valence electrons. The summed E-state index contributed by atoms with van der Waals surface area (Å²) in [4.78, 5) is 0. The first-order chi connectivity index (χ1) is 3.50. The highest BCUT2D eigenvalue weighted by atomic mass is 28.2. The topological polar surface area (TPSA) is 0 Å². The molecule has 0 atom stereocenters. The van der Waals surface area contributed by atoms with Crippen LogP contribution in [0.3, 0.4) is 0 Å². The SMILES string of the molecule is C1=CC=[Si+]CC=C1. The molecule has 0 bridgehead atoms. The maximum Gasteiger partial charge on any atom is 0.443 e. The van der Waals surface area contributed by atoms with Gasteiger partial charge in [0.25, 0.3) is 0 Å². The first-order valence-electron chi connectivity index (χ1n) is 2.38. The van der Waals surface area contributed by atoms with E-state index >= 15 is 0 Å². The Labute approximate surface area is 46.0 Å². The maximum absolute atomic E-state index is 2.21. The summed E-state index contributed by atoms with van der Waals surface area (Å²) in [6.45, 7) is 0. The van der Waals surface area contributed by atoms with Gasteiger partial charge in [0.15, 0.2) is 0 Å². The molecule has 0 aromatic rings. The molecule has 0 saturated heterocycles. The van der Waals surface area contributed by atoms with Crippen molar-refractivity contribution in [1.82, 2.24) is 0 Å². The molecule has 0 N–H and O–H groups in total. The molecule has 0 nitrogen and oxygen atoms in total. The molecule has 0 aliphatic carbocycles. The Morgan fingerprint density at radius 1 is 1.14 bits per heavy atom. The predicted octanol–water partition coefficient (Wildman–Crippen LogP) is 1.04. The Morgan fingerprint density at radius 3 is 3.14 bits per heavy atom. The van der Waals surface area contributed by atoms with Crippen LogP contribution < -0.4 is 0 Å². The van der Waals surface area contributed by atoms with Crippen LogP contribution in [0.4, 0.5) is 0 Å². The largest absolute Gasteiger partial charge is 0.443 e. The van der Waals surface area contributed by atoms with E-state index in [1.165, 1.54) is 6.04 Å². The number of hydrogen-bond acceptors (Lipinski definition) is 0. The van der Waals surface area contributed by atoms with Crippen molar-refractivity contribution < 1.29 is 0 Å². The van der Waals surface area contributed by atoms with Crippen molar-refractivity contribution in [3.63, 3.8) is 0 Å². The molecule has 1 heteroatoms. The first-order valence-corrected chi connectivity index (χ1v) is 3.67. The summed E-state index contributed by atoms with van der Waals surface area (Å²) < 4.78 is 0. The van der Waals surface area contributed by atoms with Crippen molar-refractivity contribution in [2.24, 2.45) is 0 Å². The lowest BCUT2D eigenvalue weighted by Crippen LogP contribution is -1.72. The van der Waals surface area contributed by atoms with Gasteiger partial charge in [-0.15, -0.1) is 0 Å².